The van der Waals surface area contributed by atoms with Crippen LogP contribution in [0.5, 0.6) is 11.5 Å². The first-order valence-corrected chi connectivity index (χ1v) is 15.7. The summed E-state index contributed by atoms with van der Waals surface area (Å²) in [6.45, 7) is 4.91. The fourth-order valence-electron chi connectivity index (χ4n) is 5.38. The van der Waals surface area contributed by atoms with E-state index in [1.165, 1.54) is 6.20 Å². The van der Waals surface area contributed by atoms with E-state index in [2.05, 4.69) is 26.0 Å². The molecule has 2 aromatic carbocycles. The zero-order valence-electron chi connectivity index (χ0n) is 23.4. The fraction of sp³-hybridized carbons (Fsp3) is 0.467. The molecule has 41 heavy (non-hydrogen) atoms. The molecule has 5 rings (SSSR count). The molecule has 2 aliphatic rings. The Morgan fingerprint density at radius 1 is 1.07 bits per heavy atom. The van der Waals surface area contributed by atoms with Crippen molar-refractivity contribution in [2.45, 2.75) is 43.8 Å². The number of nitrogens with zero attached hydrogens (tertiary/aromatic N) is 3. The second kappa shape index (κ2) is 13.4. The zero-order chi connectivity index (χ0) is 28.7. The smallest absolute Gasteiger partial charge is 0.235 e. The summed E-state index contributed by atoms with van der Waals surface area (Å²) >= 11 is 0. The highest BCUT2D eigenvalue weighted by molar-refractivity contribution is 7.93. The van der Waals surface area contributed by atoms with Crippen molar-refractivity contribution in [1.29, 1.82) is 5.26 Å². The first kappa shape index (κ1) is 28.9. The maximum absolute atomic E-state index is 12.8. The van der Waals surface area contributed by atoms with Gasteiger partial charge >= 0.3 is 0 Å². The molecular weight excluding hydrogens is 542 g/mol. The van der Waals surface area contributed by atoms with Gasteiger partial charge in [-0.05, 0) is 49.6 Å². The number of aromatic nitrogens is 1. The van der Waals surface area contributed by atoms with Gasteiger partial charge in [-0.25, -0.2) is 8.42 Å². The molecule has 0 atom stereocenters. The van der Waals surface area contributed by atoms with Crippen molar-refractivity contribution in [1.82, 2.24) is 9.88 Å². The van der Waals surface area contributed by atoms with Crippen LogP contribution in [0.2, 0.25) is 0 Å². The summed E-state index contributed by atoms with van der Waals surface area (Å²) < 4.78 is 45.5. The molecule has 11 heteroatoms. The van der Waals surface area contributed by atoms with Gasteiger partial charge in [0.15, 0.2) is 11.5 Å². The number of ether oxygens (including phenoxy) is 3. The van der Waals surface area contributed by atoms with Gasteiger partial charge in [-0.15, -0.1) is 0 Å². The van der Waals surface area contributed by atoms with E-state index in [-0.39, 0.29) is 5.25 Å². The molecule has 1 saturated heterocycles. The SMILES string of the molecule is COc1cc2c(Nc3ccc(NS(=O)(=O)C4CCCCC4)cc3)c(C#N)cnc2cc1OCCCN1CCOCC1. The summed E-state index contributed by atoms with van der Waals surface area (Å²) in [5.41, 5.74) is 2.84. The summed E-state index contributed by atoms with van der Waals surface area (Å²) in [6.07, 6.45) is 6.80. The molecule has 2 N–H and O–H groups in total. The van der Waals surface area contributed by atoms with Crippen molar-refractivity contribution in [2.24, 2.45) is 0 Å². The van der Waals surface area contributed by atoms with E-state index < -0.39 is 10.0 Å². The Morgan fingerprint density at radius 3 is 2.51 bits per heavy atom. The molecule has 1 saturated carbocycles. The van der Waals surface area contributed by atoms with Gasteiger partial charge in [-0.2, -0.15) is 5.26 Å². The Hall–Kier alpha value is -3.59. The number of sulfonamides is 1. The van der Waals surface area contributed by atoms with Crippen molar-refractivity contribution in [3.05, 3.63) is 48.2 Å². The minimum Gasteiger partial charge on any atom is -0.493 e. The van der Waals surface area contributed by atoms with Crippen molar-refractivity contribution >= 4 is 38.0 Å². The number of morpholine rings is 1. The topological polar surface area (TPSA) is 126 Å². The maximum atomic E-state index is 12.8. The number of hydrogen-bond donors (Lipinski definition) is 2. The zero-order valence-corrected chi connectivity index (χ0v) is 24.2. The third-order valence-electron chi connectivity index (χ3n) is 7.66. The Balaban J connectivity index is 1.30. The second-order valence-corrected chi connectivity index (χ2v) is 12.4. The van der Waals surface area contributed by atoms with Gasteiger partial charge in [0, 0.05) is 48.7 Å². The van der Waals surface area contributed by atoms with Gasteiger partial charge < -0.3 is 19.5 Å². The number of benzene rings is 2. The van der Waals surface area contributed by atoms with Crippen LogP contribution in [0.25, 0.3) is 10.9 Å². The summed E-state index contributed by atoms with van der Waals surface area (Å²) in [6, 6.07) is 12.9. The lowest BCUT2D eigenvalue weighted by molar-refractivity contribution is 0.0357. The van der Waals surface area contributed by atoms with Crippen LogP contribution in [0.1, 0.15) is 44.1 Å². The minimum absolute atomic E-state index is 0.343. The van der Waals surface area contributed by atoms with Crippen LogP contribution in [0, 0.1) is 11.3 Å². The lowest BCUT2D eigenvalue weighted by atomic mass is 10.0. The van der Waals surface area contributed by atoms with E-state index in [1.807, 2.05) is 12.1 Å². The van der Waals surface area contributed by atoms with Gasteiger partial charge in [-0.1, -0.05) is 19.3 Å². The first-order valence-electron chi connectivity index (χ1n) is 14.2. The number of anilines is 3. The average molecular weight is 580 g/mol. The van der Waals surface area contributed by atoms with Crippen molar-refractivity contribution in [3.63, 3.8) is 0 Å². The highest BCUT2D eigenvalue weighted by Crippen LogP contribution is 2.37. The van der Waals surface area contributed by atoms with Gasteiger partial charge in [0.2, 0.25) is 10.0 Å². The van der Waals surface area contributed by atoms with Crippen LogP contribution in [0.15, 0.2) is 42.6 Å². The Kier molecular flexibility index (Phi) is 9.44. The molecule has 3 aromatic rings. The highest BCUT2D eigenvalue weighted by Gasteiger charge is 2.27. The Morgan fingerprint density at radius 2 is 1.80 bits per heavy atom. The van der Waals surface area contributed by atoms with Crippen molar-refractivity contribution in [2.75, 3.05) is 56.6 Å². The second-order valence-electron chi connectivity index (χ2n) is 10.4. The molecule has 0 radical (unpaired) electrons. The molecule has 1 aromatic heterocycles. The fourth-order valence-corrected chi connectivity index (χ4v) is 6.96. The Bertz CT molecular complexity index is 1480. The average Bonchev–Trinajstić information content (AvgIpc) is 3.01. The molecular formula is C30H37N5O5S. The van der Waals surface area contributed by atoms with E-state index in [4.69, 9.17) is 14.2 Å². The predicted octanol–water partition coefficient (Wildman–Crippen LogP) is 5.03. The van der Waals surface area contributed by atoms with Crippen LogP contribution >= 0.6 is 0 Å². The van der Waals surface area contributed by atoms with Crippen LogP contribution in [0.3, 0.4) is 0 Å². The molecule has 218 valence electrons. The lowest BCUT2D eigenvalue weighted by Crippen LogP contribution is -2.37. The number of pyridine rings is 1. The number of methoxy groups -OCH3 is 1. The van der Waals surface area contributed by atoms with Crippen LogP contribution in [-0.2, 0) is 14.8 Å². The van der Waals surface area contributed by atoms with Gasteiger partial charge in [0.05, 0.1) is 48.9 Å². The van der Waals surface area contributed by atoms with Crippen LogP contribution in [-0.4, -0.2) is 70.1 Å². The van der Waals surface area contributed by atoms with Gasteiger partial charge in [-0.3, -0.25) is 14.6 Å². The first-order chi connectivity index (χ1) is 20.0. The number of fused-ring (bicyclic) bond motifs is 1. The predicted molar refractivity (Wildman–Crippen MR) is 160 cm³/mol. The van der Waals surface area contributed by atoms with Gasteiger partial charge in [0.25, 0.3) is 0 Å². The lowest BCUT2D eigenvalue weighted by Gasteiger charge is -2.26. The summed E-state index contributed by atoms with van der Waals surface area (Å²) in [7, 11) is -1.84. The number of rotatable bonds is 11. The van der Waals surface area contributed by atoms with Crippen molar-refractivity contribution in [3.8, 4) is 17.6 Å². The number of nitrogens with one attached hydrogen (secondary N) is 2. The van der Waals surface area contributed by atoms with E-state index in [9.17, 15) is 13.7 Å². The number of hydrogen-bond acceptors (Lipinski definition) is 9. The molecule has 10 nitrogen and oxygen atoms in total. The molecule has 1 aliphatic carbocycles. The third-order valence-corrected chi connectivity index (χ3v) is 9.53. The number of nitriles is 1. The molecule has 0 bridgehead atoms. The minimum atomic E-state index is -3.43. The van der Waals surface area contributed by atoms with E-state index >= 15 is 0 Å². The monoisotopic (exact) mass is 579 g/mol. The van der Waals surface area contributed by atoms with E-state index in [1.54, 1.807) is 31.4 Å². The molecule has 0 unspecified atom stereocenters. The quantitative estimate of drug-likeness (QED) is 0.301. The molecule has 0 amide bonds. The standard InChI is InChI=1S/C30H37N5O5S/c1-38-28-18-26-27(19-29(28)40-15-5-12-35-13-16-39-17-14-35)32-21-22(20-31)30(26)33-23-8-10-24(11-9-23)34-41(36,37)25-6-3-2-4-7-25/h8-11,18-19,21,25,34H,2-7,12-17H2,1H3,(H,32,33). The Labute approximate surface area is 241 Å². The molecule has 2 fully saturated rings. The normalized spacial score (nSPS) is 16.7. The van der Waals surface area contributed by atoms with Crippen molar-refractivity contribution < 1.29 is 22.6 Å². The summed E-state index contributed by atoms with van der Waals surface area (Å²) in [4.78, 5) is 6.86. The molecule has 0 spiro atoms. The maximum Gasteiger partial charge on any atom is 0.235 e. The van der Waals surface area contributed by atoms with E-state index in [0.717, 1.165) is 58.5 Å². The molecule has 1 aliphatic heterocycles. The summed E-state index contributed by atoms with van der Waals surface area (Å²) in [5, 5.41) is 13.5. The largest absolute Gasteiger partial charge is 0.493 e. The molecule has 2 heterocycles. The van der Waals surface area contributed by atoms with Gasteiger partial charge in [0.1, 0.15) is 6.07 Å². The summed E-state index contributed by atoms with van der Waals surface area (Å²) in [5.74, 6) is 1.15. The van der Waals surface area contributed by atoms with E-state index in [0.29, 0.717) is 64.5 Å². The third kappa shape index (κ3) is 7.19. The van der Waals surface area contributed by atoms with Crippen LogP contribution in [0.4, 0.5) is 17.1 Å². The highest BCUT2D eigenvalue weighted by atomic mass is 32.2. The van der Waals surface area contributed by atoms with Crippen LogP contribution < -0.4 is 19.5 Å².